The number of nitrogens with one attached hydrogen (secondary N) is 1. The van der Waals surface area contributed by atoms with Gasteiger partial charge in [-0.2, -0.15) is 13.2 Å². The molecule has 1 amide bonds. The Kier molecular flexibility index (Phi) is 7.49. The van der Waals surface area contributed by atoms with Gasteiger partial charge in [-0.15, -0.1) is 0 Å². The van der Waals surface area contributed by atoms with Crippen molar-refractivity contribution in [2.45, 2.75) is 12.6 Å². The summed E-state index contributed by atoms with van der Waals surface area (Å²) in [4.78, 5) is 23.9. The van der Waals surface area contributed by atoms with Crippen LogP contribution in [0.4, 0.5) is 18.9 Å². The van der Waals surface area contributed by atoms with E-state index >= 15 is 0 Å². The van der Waals surface area contributed by atoms with Crippen LogP contribution in [0, 0.1) is 0 Å². The van der Waals surface area contributed by atoms with Crippen molar-refractivity contribution in [2.24, 2.45) is 0 Å². The number of carbonyl (C=O) groups is 2. The Hall–Kier alpha value is -2.75. The van der Waals surface area contributed by atoms with Crippen molar-refractivity contribution >= 4 is 33.5 Å². The Bertz CT molecular complexity index is 885. The lowest BCUT2D eigenvalue weighted by molar-refractivity contribution is -0.146. The van der Waals surface area contributed by atoms with Crippen LogP contribution in [0.1, 0.15) is 11.1 Å². The summed E-state index contributed by atoms with van der Waals surface area (Å²) in [7, 11) is 2.94. The maximum absolute atomic E-state index is 12.5. The summed E-state index contributed by atoms with van der Waals surface area (Å²) >= 11 is 3.32. The van der Waals surface area contributed by atoms with Crippen LogP contribution >= 0.6 is 15.9 Å². The van der Waals surface area contributed by atoms with E-state index in [9.17, 15) is 22.8 Å². The summed E-state index contributed by atoms with van der Waals surface area (Å²) in [6, 6.07) is 7.16. The monoisotopic (exact) mass is 475 g/mol. The Morgan fingerprint density at radius 1 is 1.03 bits per heavy atom. The standard InChI is InChI=1S/C19H17BrF3NO5/c1-27-15-7-11(14(20)9-16(15)28-2)8-18(26)29-10-17(25)24-13-5-3-12(4-6-13)19(21,22)23/h3-7,9H,8,10H2,1-2H3,(H,24,25). The predicted octanol–water partition coefficient (Wildman–Crippen LogP) is 4.21. The molecular formula is C19H17BrF3NO5. The van der Waals surface area contributed by atoms with Crippen molar-refractivity contribution in [3.63, 3.8) is 0 Å². The molecule has 2 aromatic rings. The molecular weight excluding hydrogens is 459 g/mol. The molecule has 1 N–H and O–H groups in total. The van der Waals surface area contributed by atoms with E-state index in [0.29, 0.717) is 21.5 Å². The smallest absolute Gasteiger partial charge is 0.416 e. The van der Waals surface area contributed by atoms with Crippen molar-refractivity contribution in [2.75, 3.05) is 26.1 Å². The number of amides is 1. The van der Waals surface area contributed by atoms with Gasteiger partial charge in [0.1, 0.15) is 0 Å². The van der Waals surface area contributed by atoms with Crippen LogP contribution in [-0.4, -0.2) is 32.7 Å². The number of anilines is 1. The molecule has 0 aliphatic heterocycles. The molecule has 0 saturated carbocycles. The van der Waals surface area contributed by atoms with Crippen LogP contribution in [0.15, 0.2) is 40.9 Å². The van der Waals surface area contributed by atoms with Crippen LogP contribution < -0.4 is 14.8 Å². The average Bonchev–Trinajstić information content (AvgIpc) is 2.67. The lowest BCUT2D eigenvalue weighted by Crippen LogP contribution is -2.21. The summed E-state index contributed by atoms with van der Waals surface area (Å²) in [6.07, 6.45) is -4.59. The number of methoxy groups -OCH3 is 2. The third-order valence-corrected chi connectivity index (χ3v) is 4.49. The fourth-order valence-electron chi connectivity index (χ4n) is 2.32. The number of benzene rings is 2. The Labute approximate surface area is 173 Å². The van der Waals surface area contributed by atoms with Crippen LogP contribution in [0.5, 0.6) is 11.5 Å². The number of carbonyl (C=O) groups excluding carboxylic acids is 2. The number of rotatable bonds is 7. The van der Waals surface area contributed by atoms with E-state index in [1.165, 1.54) is 14.2 Å². The first-order valence-electron chi connectivity index (χ1n) is 8.17. The fourth-order valence-corrected chi connectivity index (χ4v) is 2.79. The quantitative estimate of drug-likeness (QED) is 0.607. The molecule has 2 aromatic carbocycles. The molecule has 0 heterocycles. The maximum atomic E-state index is 12.5. The van der Waals surface area contributed by atoms with Crippen LogP contribution in [0.25, 0.3) is 0 Å². The molecule has 0 fully saturated rings. The first kappa shape index (κ1) is 22.5. The predicted molar refractivity (Wildman–Crippen MR) is 102 cm³/mol. The lowest BCUT2D eigenvalue weighted by Gasteiger charge is -2.12. The normalized spacial score (nSPS) is 11.0. The molecule has 0 atom stereocenters. The van der Waals surface area contributed by atoms with E-state index in [-0.39, 0.29) is 12.1 Å². The third-order valence-electron chi connectivity index (χ3n) is 3.75. The molecule has 0 saturated heterocycles. The SMILES string of the molecule is COc1cc(Br)c(CC(=O)OCC(=O)Nc2ccc(C(F)(F)F)cc2)cc1OC. The largest absolute Gasteiger partial charge is 0.493 e. The van der Waals surface area contributed by atoms with E-state index in [1.807, 2.05) is 0 Å². The van der Waals surface area contributed by atoms with Gasteiger partial charge in [0.25, 0.3) is 5.91 Å². The molecule has 0 aliphatic rings. The zero-order valence-electron chi connectivity index (χ0n) is 15.4. The number of esters is 1. The molecule has 6 nitrogen and oxygen atoms in total. The first-order chi connectivity index (χ1) is 13.6. The number of ether oxygens (including phenoxy) is 3. The molecule has 0 aromatic heterocycles. The minimum Gasteiger partial charge on any atom is -0.493 e. The number of halogens is 4. The second-order valence-electron chi connectivity index (χ2n) is 5.76. The van der Waals surface area contributed by atoms with Gasteiger partial charge in [0, 0.05) is 10.2 Å². The molecule has 29 heavy (non-hydrogen) atoms. The number of hydrogen-bond acceptors (Lipinski definition) is 5. The topological polar surface area (TPSA) is 73.9 Å². The van der Waals surface area contributed by atoms with Gasteiger partial charge >= 0.3 is 12.1 Å². The van der Waals surface area contributed by atoms with Crippen molar-refractivity contribution in [3.05, 3.63) is 52.0 Å². The molecule has 0 bridgehead atoms. The third kappa shape index (κ3) is 6.38. The van der Waals surface area contributed by atoms with Gasteiger partial charge in [0.15, 0.2) is 18.1 Å². The van der Waals surface area contributed by atoms with Crippen LogP contribution in [0.2, 0.25) is 0 Å². The molecule has 156 valence electrons. The summed E-state index contributed by atoms with van der Waals surface area (Å²) in [6.45, 7) is -0.579. The minimum absolute atomic E-state index is 0.130. The highest BCUT2D eigenvalue weighted by Gasteiger charge is 2.30. The van der Waals surface area contributed by atoms with E-state index in [4.69, 9.17) is 14.2 Å². The second-order valence-corrected chi connectivity index (χ2v) is 6.61. The number of hydrogen-bond donors (Lipinski definition) is 1. The summed E-state index contributed by atoms with van der Waals surface area (Å²) in [5.74, 6) is -0.434. The Morgan fingerprint density at radius 3 is 2.17 bits per heavy atom. The molecule has 0 spiro atoms. The van der Waals surface area contributed by atoms with Gasteiger partial charge in [-0.25, -0.2) is 0 Å². The van der Waals surface area contributed by atoms with Crippen molar-refractivity contribution in [1.82, 2.24) is 0 Å². The average molecular weight is 476 g/mol. The van der Waals surface area contributed by atoms with E-state index in [0.717, 1.165) is 24.3 Å². The van der Waals surface area contributed by atoms with E-state index in [1.54, 1.807) is 12.1 Å². The Balaban J connectivity index is 1.90. The maximum Gasteiger partial charge on any atom is 0.416 e. The molecule has 0 radical (unpaired) electrons. The van der Waals surface area contributed by atoms with Gasteiger partial charge < -0.3 is 19.5 Å². The summed E-state index contributed by atoms with van der Waals surface area (Å²) < 4.78 is 53.4. The molecule has 10 heteroatoms. The van der Waals surface area contributed by atoms with Crippen molar-refractivity contribution in [3.8, 4) is 11.5 Å². The highest BCUT2D eigenvalue weighted by molar-refractivity contribution is 9.10. The highest BCUT2D eigenvalue weighted by atomic mass is 79.9. The van der Waals surface area contributed by atoms with E-state index in [2.05, 4.69) is 21.2 Å². The highest BCUT2D eigenvalue weighted by Crippen LogP contribution is 2.33. The van der Waals surface area contributed by atoms with Gasteiger partial charge in [0.2, 0.25) is 0 Å². The van der Waals surface area contributed by atoms with Gasteiger partial charge in [-0.1, -0.05) is 15.9 Å². The molecule has 0 unspecified atom stereocenters. The lowest BCUT2D eigenvalue weighted by atomic mass is 10.1. The van der Waals surface area contributed by atoms with E-state index < -0.39 is 30.2 Å². The second kappa shape index (κ2) is 9.64. The summed E-state index contributed by atoms with van der Waals surface area (Å²) in [5.41, 5.74) is -0.111. The van der Waals surface area contributed by atoms with Crippen molar-refractivity contribution < 1.29 is 37.0 Å². The first-order valence-corrected chi connectivity index (χ1v) is 8.96. The van der Waals surface area contributed by atoms with Crippen LogP contribution in [0.3, 0.4) is 0 Å². The molecule has 2 rings (SSSR count). The van der Waals surface area contributed by atoms with Crippen LogP contribution in [-0.2, 0) is 26.9 Å². The van der Waals surface area contributed by atoms with Gasteiger partial charge in [0.05, 0.1) is 26.2 Å². The number of alkyl halides is 3. The summed E-state index contributed by atoms with van der Waals surface area (Å²) in [5, 5.41) is 2.36. The fraction of sp³-hybridized carbons (Fsp3) is 0.263. The minimum atomic E-state index is -4.46. The zero-order chi connectivity index (χ0) is 21.6. The zero-order valence-corrected chi connectivity index (χ0v) is 17.0. The van der Waals surface area contributed by atoms with Gasteiger partial charge in [-0.3, -0.25) is 9.59 Å². The Morgan fingerprint density at radius 2 is 1.62 bits per heavy atom. The van der Waals surface area contributed by atoms with Crippen molar-refractivity contribution in [1.29, 1.82) is 0 Å². The van der Waals surface area contributed by atoms with Gasteiger partial charge in [-0.05, 0) is 42.0 Å². The molecule has 0 aliphatic carbocycles.